The highest BCUT2D eigenvalue weighted by Gasteiger charge is 2.44. The molecule has 0 saturated heterocycles. The summed E-state index contributed by atoms with van der Waals surface area (Å²) in [6.07, 6.45) is 7.72. The number of thiocarbonyl (C=S) groups is 1. The number of hydrogen-bond donors (Lipinski definition) is 2. The molecule has 1 aromatic carbocycles. The summed E-state index contributed by atoms with van der Waals surface area (Å²) in [7, 11) is 0. The Bertz CT molecular complexity index is 927. The van der Waals surface area contributed by atoms with Gasteiger partial charge in [0.25, 0.3) is 0 Å². The van der Waals surface area contributed by atoms with Crippen LogP contribution in [-0.2, 0) is 0 Å². The average molecular weight is 543 g/mol. The van der Waals surface area contributed by atoms with Crippen LogP contribution in [0, 0.1) is 5.92 Å². The summed E-state index contributed by atoms with van der Waals surface area (Å²) in [6.45, 7) is 3.40. The van der Waals surface area contributed by atoms with Gasteiger partial charge in [-0.2, -0.15) is 17.6 Å². The lowest BCUT2D eigenvalue weighted by molar-refractivity contribution is -0.253. The van der Waals surface area contributed by atoms with Gasteiger partial charge in [0.2, 0.25) is 5.96 Å². The first-order valence-corrected chi connectivity index (χ1v) is 13.7. The molecule has 0 spiro atoms. The molecule has 0 bridgehead atoms. The van der Waals surface area contributed by atoms with E-state index in [1.807, 2.05) is 4.90 Å². The fraction of sp³-hybridized carbons (Fsp3) is 0.630. The number of ether oxygens (including phenoxy) is 1. The van der Waals surface area contributed by atoms with Crippen LogP contribution in [0.1, 0.15) is 71.1 Å². The molecular weight excluding hydrogens is 504 g/mol. The highest BCUT2D eigenvalue weighted by Crippen LogP contribution is 2.29. The molecule has 1 aromatic rings. The quantitative estimate of drug-likeness (QED) is 0.214. The fourth-order valence-corrected chi connectivity index (χ4v) is 5.08. The van der Waals surface area contributed by atoms with Crippen molar-refractivity contribution < 1.29 is 22.3 Å². The van der Waals surface area contributed by atoms with Gasteiger partial charge in [0.15, 0.2) is 5.11 Å². The number of nitrogens with one attached hydrogen (secondary N) is 2. The zero-order valence-electron chi connectivity index (χ0n) is 21.4. The van der Waals surface area contributed by atoms with Crippen LogP contribution >= 0.6 is 12.2 Å². The molecule has 0 aromatic heterocycles. The average Bonchev–Trinajstić information content (AvgIpc) is 3.30. The van der Waals surface area contributed by atoms with Crippen LogP contribution in [0.4, 0.5) is 23.2 Å². The van der Waals surface area contributed by atoms with Crippen molar-refractivity contribution in [1.82, 2.24) is 10.2 Å². The first kappa shape index (κ1) is 29.2. The third-order valence-electron chi connectivity index (χ3n) is 6.64. The van der Waals surface area contributed by atoms with Gasteiger partial charge in [0.1, 0.15) is 5.75 Å². The number of benzene rings is 1. The minimum atomic E-state index is -4.57. The van der Waals surface area contributed by atoms with Crippen LogP contribution in [0.5, 0.6) is 5.75 Å². The standard InChI is InChI=1S/C27H38F4N4OS/c1-2-11-20-12-8-6-4-3-5-7-9-13-21(18-20)33-25-32-16-17-35(25)26(37)34-22-14-10-15-23(19-22)36-27(30,31)24(28)29/h6,8,10,14-15,19-21,24H,2-5,7,9,11-13,16-18H2,1H3,(H,32,33)(H,34,37)/b8-6+. The number of hydrogen-bond acceptors (Lipinski definition) is 4. The molecule has 0 saturated carbocycles. The minimum Gasteiger partial charge on any atom is -0.428 e. The molecule has 3 rings (SSSR count). The monoisotopic (exact) mass is 542 g/mol. The summed E-state index contributed by atoms with van der Waals surface area (Å²) in [5.74, 6) is 0.931. The number of guanidine groups is 1. The van der Waals surface area contributed by atoms with Crippen LogP contribution in [0.3, 0.4) is 0 Å². The van der Waals surface area contributed by atoms with E-state index in [4.69, 9.17) is 12.2 Å². The molecule has 2 unspecified atom stereocenters. The smallest absolute Gasteiger partial charge is 0.428 e. The summed E-state index contributed by atoms with van der Waals surface area (Å²) in [6, 6.07) is 5.74. The van der Waals surface area contributed by atoms with E-state index in [0.717, 1.165) is 32.1 Å². The summed E-state index contributed by atoms with van der Waals surface area (Å²) in [5, 5.41) is 7.00. The largest absolute Gasteiger partial charge is 0.461 e. The van der Waals surface area contributed by atoms with Crippen molar-refractivity contribution in [2.75, 3.05) is 18.4 Å². The second-order valence-corrected chi connectivity index (χ2v) is 10.1. The van der Waals surface area contributed by atoms with Crippen molar-refractivity contribution in [2.45, 2.75) is 89.7 Å². The van der Waals surface area contributed by atoms with Gasteiger partial charge in [-0.05, 0) is 62.4 Å². The van der Waals surface area contributed by atoms with Gasteiger partial charge in [-0.3, -0.25) is 9.89 Å². The number of nitrogens with zero attached hydrogens (tertiary/aromatic N) is 2. The molecule has 0 radical (unpaired) electrons. The normalized spacial score (nSPS) is 22.5. The van der Waals surface area contributed by atoms with Gasteiger partial charge >= 0.3 is 12.5 Å². The second-order valence-electron chi connectivity index (χ2n) is 9.71. The van der Waals surface area contributed by atoms with Crippen molar-refractivity contribution >= 4 is 29.0 Å². The zero-order valence-corrected chi connectivity index (χ0v) is 22.2. The Hall–Kier alpha value is -2.36. The summed E-state index contributed by atoms with van der Waals surface area (Å²) < 4.78 is 55.8. The van der Waals surface area contributed by atoms with E-state index in [9.17, 15) is 17.6 Å². The van der Waals surface area contributed by atoms with Crippen LogP contribution in [0.15, 0.2) is 41.4 Å². The molecule has 0 fully saturated rings. The molecular formula is C27H38F4N4OS. The third kappa shape index (κ3) is 9.47. The van der Waals surface area contributed by atoms with Crippen molar-refractivity contribution in [2.24, 2.45) is 10.9 Å². The van der Waals surface area contributed by atoms with E-state index in [-0.39, 0.29) is 11.8 Å². The molecule has 1 aliphatic carbocycles. The number of aliphatic imine (C=N–C) groups is 1. The molecule has 5 nitrogen and oxygen atoms in total. The van der Waals surface area contributed by atoms with E-state index in [1.165, 1.54) is 50.3 Å². The van der Waals surface area contributed by atoms with Crippen molar-refractivity contribution in [3.8, 4) is 5.75 Å². The molecule has 10 heteroatoms. The van der Waals surface area contributed by atoms with Gasteiger partial charge in [-0.15, -0.1) is 0 Å². The van der Waals surface area contributed by atoms with Crippen molar-refractivity contribution in [1.29, 1.82) is 0 Å². The maximum Gasteiger partial charge on any atom is 0.461 e. The van der Waals surface area contributed by atoms with Crippen LogP contribution in [-0.4, -0.2) is 47.6 Å². The lowest BCUT2D eigenvalue weighted by Crippen LogP contribution is -2.48. The van der Waals surface area contributed by atoms with Crippen molar-refractivity contribution in [3.05, 3.63) is 36.4 Å². The SMILES string of the molecule is CCCC1C/C=C/CCCCCCC(NC2=NCCN2C(=S)Nc2cccc(OC(F)(F)C(F)F)c2)C1. The Morgan fingerprint density at radius 1 is 1.22 bits per heavy atom. The Labute approximate surface area is 222 Å². The Kier molecular flexibility index (Phi) is 11.5. The van der Waals surface area contributed by atoms with E-state index < -0.39 is 12.5 Å². The Balaban J connectivity index is 1.64. The molecule has 206 valence electrons. The summed E-state index contributed by atoms with van der Waals surface area (Å²) in [5.41, 5.74) is 0.361. The van der Waals surface area contributed by atoms with Gasteiger partial charge < -0.3 is 15.4 Å². The maximum atomic E-state index is 13.3. The third-order valence-corrected chi connectivity index (χ3v) is 6.96. The Morgan fingerprint density at radius 2 is 2.03 bits per heavy atom. The number of rotatable bonds is 7. The highest BCUT2D eigenvalue weighted by atomic mass is 32.1. The molecule has 1 heterocycles. The second kappa shape index (κ2) is 14.5. The maximum absolute atomic E-state index is 13.3. The summed E-state index contributed by atoms with van der Waals surface area (Å²) >= 11 is 5.60. The van der Waals surface area contributed by atoms with Gasteiger partial charge in [-0.25, -0.2) is 0 Å². The topological polar surface area (TPSA) is 48.9 Å². The Morgan fingerprint density at radius 3 is 2.81 bits per heavy atom. The predicted octanol–water partition coefficient (Wildman–Crippen LogP) is 7.36. The first-order chi connectivity index (χ1) is 17.8. The summed E-state index contributed by atoms with van der Waals surface area (Å²) in [4.78, 5) is 6.51. The highest BCUT2D eigenvalue weighted by molar-refractivity contribution is 7.80. The minimum absolute atomic E-state index is 0.278. The first-order valence-electron chi connectivity index (χ1n) is 13.3. The molecule has 2 N–H and O–H groups in total. The lowest BCUT2D eigenvalue weighted by atomic mass is 9.89. The molecule has 2 atom stereocenters. The lowest BCUT2D eigenvalue weighted by Gasteiger charge is -2.29. The van der Waals surface area contributed by atoms with Crippen LogP contribution < -0.4 is 15.4 Å². The van der Waals surface area contributed by atoms with E-state index >= 15 is 0 Å². The molecule has 2 aliphatic rings. The molecule has 0 amide bonds. The van der Waals surface area contributed by atoms with Crippen molar-refractivity contribution in [3.63, 3.8) is 0 Å². The fourth-order valence-electron chi connectivity index (χ4n) is 4.79. The van der Waals surface area contributed by atoms with Gasteiger partial charge in [0.05, 0.1) is 6.54 Å². The predicted molar refractivity (Wildman–Crippen MR) is 145 cm³/mol. The number of alkyl halides is 4. The van der Waals surface area contributed by atoms with Gasteiger partial charge in [0, 0.05) is 24.3 Å². The number of halogens is 4. The number of allylic oxidation sites excluding steroid dienone is 2. The molecule has 37 heavy (non-hydrogen) atoms. The molecule has 1 aliphatic heterocycles. The van der Waals surface area contributed by atoms with Crippen LogP contribution in [0.25, 0.3) is 0 Å². The van der Waals surface area contributed by atoms with E-state index in [1.54, 1.807) is 6.07 Å². The van der Waals surface area contributed by atoms with Crippen LogP contribution in [0.2, 0.25) is 0 Å². The van der Waals surface area contributed by atoms with Gasteiger partial charge in [-0.1, -0.05) is 57.2 Å². The number of anilines is 1. The van der Waals surface area contributed by atoms with E-state index in [2.05, 4.69) is 39.4 Å². The zero-order chi connectivity index (χ0) is 26.7. The van der Waals surface area contributed by atoms with E-state index in [0.29, 0.717) is 35.8 Å².